The van der Waals surface area contributed by atoms with Crippen molar-refractivity contribution >= 4 is 5.82 Å². The van der Waals surface area contributed by atoms with E-state index in [2.05, 4.69) is 22.2 Å². The van der Waals surface area contributed by atoms with Gasteiger partial charge in [-0.1, -0.05) is 6.07 Å². The molecule has 0 radical (unpaired) electrons. The van der Waals surface area contributed by atoms with Gasteiger partial charge >= 0.3 is 0 Å². The largest absolute Gasteiger partial charge is 0.481 e. The summed E-state index contributed by atoms with van der Waals surface area (Å²) in [4.78, 5) is 8.31. The molecular formula is C12H16N4O. The SMILES string of the molecule is COc1cccc(NC(C)Cn2ccnc2)n1. The first-order valence-corrected chi connectivity index (χ1v) is 5.51. The van der Waals surface area contributed by atoms with Crippen molar-refractivity contribution in [2.24, 2.45) is 0 Å². The summed E-state index contributed by atoms with van der Waals surface area (Å²) < 4.78 is 7.10. The Morgan fingerprint density at radius 3 is 3.06 bits per heavy atom. The highest BCUT2D eigenvalue weighted by Crippen LogP contribution is 2.11. The molecule has 0 amide bonds. The van der Waals surface area contributed by atoms with Crippen LogP contribution in [0.3, 0.4) is 0 Å². The maximum absolute atomic E-state index is 5.08. The summed E-state index contributed by atoms with van der Waals surface area (Å²) in [5, 5.41) is 3.32. The Kier molecular flexibility index (Phi) is 3.59. The minimum Gasteiger partial charge on any atom is -0.481 e. The smallest absolute Gasteiger partial charge is 0.214 e. The summed E-state index contributed by atoms with van der Waals surface area (Å²) in [7, 11) is 1.61. The lowest BCUT2D eigenvalue weighted by molar-refractivity contribution is 0.398. The number of hydrogen-bond acceptors (Lipinski definition) is 4. The van der Waals surface area contributed by atoms with Crippen molar-refractivity contribution in [1.82, 2.24) is 14.5 Å². The number of anilines is 1. The molecule has 1 N–H and O–H groups in total. The van der Waals surface area contributed by atoms with Crippen LogP contribution in [0.2, 0.25) is 0 Å². The van der Waals surface area contributed by atoms with Crippen LogP contribution in [0.5, 0.6) is 5.88 Å². The molecule has 0 spiro atoms. The molecule has 5 heteroatoms. The van der Waals surface area contributed by atoms with E-state index in [-0.39, 0.29) is 6.04 Å². The van der Waals surface area contributed by atoms with Crippen molar-refractivity contribution in [2.75, 3.05) is 12.4 Å². The van der Waals surface area contributed by atoms with Gasteiger partial charge < -0.3 is 14.6 Å². The Bertz CT molecular complexity index is 455. The van der Waals surface area contributed by atoms with Crippen LogP contribution in [0.15, 0.2) is 36.9 Å². The number of pyridine rings is 1. The molecule has 0 fully saturated rings. The molecule has 0 saturated carbocycles. The van der Waals surface area contributed by atoms with E-state index >= 15 is 0 Å². The number of methoxy groups -OCH3 is 1. The molecule has 0 bridgehead atoms. The highest BCUT2D eigenvalue weighted by atomic mass is 16.5. The third-order valence-electron chi connectivity index (χ3n) is 2.37. The average Bonchev–Trinajstić information content (AvgIpc) is 2.82. The van der Waals surface area contributed by atoms with Crippen molar-refractivity contribution in [3.63, 3.8) is 0 Å². The van der Waals surface area contributed by atoms with Crippen molar-refractivity contribution in [3.05, 3.63) is 36.9 Å². The summed E-state index contributed by atoms with van der Waals surface area (Å²) in [6.45, 7) is 2.94. The van der Waals surface area contributed by atoms with Crippen LogP contribution < -0.4 is 10.1 Å². The van der Waals surface area contributed by atoms with Crippen LogP contribution in [0.25, 0.3) is 0 Å². The number of hydrogen-bond donors (Lipinski definition) is 1. The molecule has 90 valence electrons. The van der Waals surface area contributed by atoms with E-state index in [4.69, 9.17) is 4.74 Å². The lowest BCUT2D eigenvalue weighted by Gasteiger charge is -2.15. The number of aromatic nitrogens is 3. The fraction of sp³-hybridized carbons (Fsp3) is 0.333. The molecule has 2 rings (SSSR count). The molecule has 5 nitrogen and oxygen atoms in total. The molecule has 17 heavy (non-hydrogen) atoms. The molecule has 2 aromatic rings. The van der Waals surface area contributed by atoms with Crippen LogP contribution in [0.1, 0.15) is 6.92 Å². The summed E-state index contributed by atoms with van der Waals surface area (Å²) in [6.07, 6.45) is 5.52. The Morgan fingerprint density at radius 2 is 2.35 bits per heavy atom. The maximum Gasteiger partial charge on any atom is 0.214 e. The van der Waals surface area contributed by atoms with E-state index in [9.17, 15) is 0 Å². The van der Waals surface area contributed by atoms with Crippen LogP contribution in [-0.2, 0) is 6.54 Å². The highest BCUT2D eigenvalue weighted by molar-refractivity contribution is 5.37. The zero-order valence-electron chi connectivity index (χ0n) is 10.00. The second-order valence-electron chi connectivity index (χ2n) is 3.87. The zero-order chi connectivity index (χ0) is 12.1. The number of nitrogens with zero attached hydrogens (tertiary/aromatic N) is 3. The van der Waals surface area contributed by atoms with Gasteiger partial charge in [-0.05, 0) is 13.0 Å². The van der Waals surface area contributed by atoms with Crippen molar-refractivity contribution in [2.45, 2.75) is 19.5 Å². The number of nitrogens with one attached hydrogen (secondary N) is 1. The predicted molar refractivity (Wildman–Crippen MR) is 66.1 cm³/mol. The first-order chi connectivity index (χ1) is 8.28. The van der Waals surface area contributed by atoms with Gasteiger partial charge in [-0.15, -0.1) is 0 Å². The van der Waals surface area contributed by atoms with E-state index in [1.54, 1.807) is 19.6 Å². The quantitative estimate of drug-likeness (QED) is 0.853. The topological polar surface area (TPSA) is 52.0 Å². The summed E-state index contributed by atoms with van der Waals surface area (Å²) in [5.74, 6) is 1.43. The third-order valence-corrected chi connectivity index (χ3v) is 2.37. The van der Waals surface area contributed by atoms with E-state index in [0.29, 0.717) is 5.88 Å². The molecule has 0 saturated heterocycles. The Hall–Kier alpha value is -2.04. The Morgan fingerprint density at radius 1 is 1.47 bits per heavy atom. The Labute approximate surface area is 100 Å². The number of ether oxygens (including phenoxy) is 1. The second-order valence-corrected chi connectivity index (χ2v) is 3.87. The third kappa shape index (κ3) is 3.21. The van der Waals surface area contributed by atoms with Crippen LogP contribution >= 0.6 is 0 Å². The standard InChI is InChI=1S/C12H16N4O/c1-10(8-16-7-6-13-9-16)14-11-4-3-5-12(15-11)17-2/h3-7,9-10H,8H2,1-2H3,(H,14,15). The molecule has 1 unspecified atom stereocenters. The molecule has 2 aromatic heterocycles. The molecule has 0 aromatic carbocycles. The van der Waals surface area contributed by atoms with Gasteiger partial charge in [-0.3, -0.25) is 0 Å². The summed E-state index contributed by atoms with van der Waals surface area (Å²) in [5.41, 5.74) is 0. The van der Waals surface area contributed by atoms with Gasteiger partial charge in [0.25, 0.3) is 0 Å². The second kappa shape index (κ2) is 5.34. The minimum atomic E-state index is 0.267. The molecular weight excluding hydrogens is 216 g/mol. The minimum absolute atomic E-state index is 0.267. The van der Waals surface area contributed by atoms with Crippen molar-refractivity contribution in [1.29, 1.82) is 0 Å². The van der Waals surface area contributed by atoms with Gasteiger partial charge in [0.1, 0.15) is 5.82 Å². The Balaban J connectivity index is 1.95. The fourth-order valence-corrected chi connectivity index (χ4v) is 1.62. The van der Waals surface area contributed by atoms with E-state index < -0.39 is 0 Å². The first kappa shape index (κ1) is 11.4. The monoisotopic (exact) mass is 232 g/mol. The molecule has 1 atom stereocenters. The normalized spacial score (nSPS) is 12.1. The predicted octanol–water partition coefficient (Wildman–Crippen LogP) is 1.79. The van der Waals surface area contributed by atoms with Crippen LogP contribution in [0, 0.1) is 0 Å². The molecule has 2 heterocycles. The van der Waals surface area contributed by atoms with Gasteiger partial charge in [0.2, 0.25) is 5.88 Å². The van der Waals surface area contributed by atoms with E-state index in [1.165, 1.54) is 0 Å². The number of imidazole rings is 1. The van der Waals surface area contributed by atoms with Crippen molar-refractivity contribution < 1.29 is 4.74 Å². The summed E-state index contributed by atoms with van der Waals surface area (Å²) in [6, 6.07) is 5.93. The number of rotatable bonds is 5. The lowest BCUT2D eigenvalue weighted by atomic mass is 10.3. The molecule has 0 aliphatic rings. The average molecular weight is 232 g/mol. The molecule has 0 aliphatic heterocycles. The van der Waals surface area contributed by atoms with Crippen LogP contribution in [0.4, 0.5) is 5.82 Å². The van der Waals surface area contributed by atoms with Gasteiger partial charge in [-0.2, -0.15) is 4.98 Å². The zero-order valence-corrected chi connectivity index (χ0v) is 10.00. The first-order valence-electron chi connectivity index (χ1n) is 5.51. The highest BCUT2D eigenvalue weighted by Gasteiger charge is 2.04. The fourth-order valence-electron chi connectivity index (χ4n) is 1.62. The van der Waals surface area contributed by atoms with Gasteiger partial charge in [-0.25, -0.2) is 4.98 Å². The summed E-state index contributed by atoms with van der Waals surface area (Å²) >= 11 is 0. The van der Waals surface area contributed by atoms with Gasteiger partial charge in [0.05, 0.1) is 13.4 Å². The lowest BCUT2D eigenvalue weighted by Crippen LogP contribution is -2.21. The van der Waals surface area contributed by atoms with Gasteiger partial charge in [0.15, 0.2) is 0 Å². The molecule has 0 aliphatic carbocycles. The van der Waals surface area contributed by atoms with E-state index in [1.807, 2.05) is 29.0 Å². The maximum atomic E-state index is 5.08. The van der Waals surface area contributed by atoms with Gasteiger partial charge in [0, 0.05) is 31.0 Å². The van der Waals surface area contributed by atoms with Crippen molar-refractivity contribution in [3.8, 4) is 5.88 Å². The van der Waals surface area contributed by atoms with Crippen LogP contribution in [-0.4, -0.2) is 27.7 Å². The van der Waals surface area contributed by atoms with E-state index in [0.717, 1.165) is 12.4 Å².